The molecule has 0 aliphatic carbocycles. The van der Waals surface area contributed by atoms with E-state index in [2.05, 4.69) is 0 Å². The number of rotatable bonds is 5. The van der Waals surface area contributed by atoms with Crippen molar-refractivity contribution in [2.24, 2.45) is 0 Å². The Labute approximate surface area is 108 Å². The highest BCUT2D eigenvalue weighted by molar-refractivity contribution is 7.90. The molecule has 0 aliphatic rings. The molecular weight excluding hydrogens is 285 g/mol. The summed E-state index contributed by atoms with van der Waals surface area (Å²) in [6.07, 6.45) is -3.44. The second-order valence-electron chi connectivity index (χ2n) is 3.85. The first-order valence-electron chi connectivity index (χ1n) is 5.10. The van der Waals surface area contributed by atoms with Crippen LogP contribution in [0.25, 0.3) is 0 Å². The van der Waals surface area contributed by atoms with Crippen LogP contribution < -0.4 is 4.74 Å². The van der Waals surface area contributed by atoms with E-state index in [1.165, 1.54) is 0 Å². The molecule has 0 bridgehead atoms. The minimum Gasteiger partial charge on any atom is -0.492 e. The van der Waals surface area contributed by atoms with E-state index < -0.39 is 27.3 Å². The van der Waals surface area contributed by atoms with Gasteiger partial charge in [0.25, 0.3) is 0 Å². The van der Waals surface area contributed by atoms with Crippen LogP contribution in [0.1, 0.15) is 15.9 Å². The Morgan fingerprint density at radius 1 is 1.32 bits per heavy atom. The average Bonchev–Trinajstić information content (AvgIpc) is 2.26. The maximum Gasteiger partial charge on any atom is 0.419 e. The topological polar surface area (TPSA) is 60.4 Å². The lowest BCUT2D eigenvalue weighted by Crippen LogP contribution is -2.15. The maximum atomic E-state index is 12.7. The van der Waals surface area contributed by atoms with Crippen molar-refractivity contribution in [1.82, 2.24) is 0 Å². The molecule has 0 aliphatic heterocycles. The van der Waals surface area contributed by atoms with Gasteiger partial charge in [-0.15, -0.1) is 0 Å². The Bertz CT molecular complexity index is 564. The molecule has 0 fully saturated rings. The van der Waals surface area contributed by atoms with Gasteiger partial charge in [-0.1, -0.05) is 0 Å². The molecule has 19 heavy (non-hydrogen) atoms. The number of hydrogen-bond acceptors (Lipinski definition) is 4. The first-order chi connectivity index (χ1) is 8.63. The highest BCUT2D eigenvalue weighted by Gasteiger charge is 2.34. The molecule has 0 aromatic heterocycles. The molecule has 0 unspecified atom stereocenters. The minimum absolute atomic E-state index is 0.136. The largest absolute Gasteiger partial charge is 0.492 e. The van der Waals surface area contributed by atoms with Gasteiger partial charge in [0.15, 0.2) is 9.84 Å². The molecule has 0 heterocycles. The van der Waals surface area contributed by atoms with Crippen molar-refractivity contribution >= 4 is 16.1 Å². The highest BCUT2D eigenvalue weighted by Crippen LogP contribution is 2.36. The lowest BCUT2D eigenvalue weighted by Gasteiger charge is -2.14. The molecule has 0 atom stereocenters. The van der Waals surface area contributed by atoms with E-state index in [1.54, 1.807) is 0 Å². The zero-order valence-electron chi connectivity index (χ0n) is 9.90. The van der Waals surface area contributed by atoms with Crippen LogP contribution in [0.15, 0.2) is 18.2 Å². The third-order valence-electron chi connectivity index (χ3n) is 2.16. The molecule has 1 aromatic rings. The molecule has 1 aromatic carbocycles. The van der Waals surface area contributed by atoms with Crippen molar-refractivity contribution < 1.29 is 31.1 Å². The van der Waals surface area contributed by atoms with Crippen molar-refractivity contribution in [2.75, 3.05) is 18.6 Å². The summed E-state index contributed by atoms with van der Waals surface area (Å²) >= 11 is 0. The number of ether oxygens (including phenoxy) is 1. The lowest BCUT2D eigenvalue weighted by atomic mass is 10.1. The van der Waals surface area contributed by atoms with Crippen molar-refractivity contribution in [2.45, 2.75) is 6.18 Å². The Morgan fingerprint density at radius 3 is 2.42 bits per heavy atom. The third-order valence-corrected chi connectivity index (χ3v) is 3.07. The van der Waals surface area contributed by atoms with Gasteiger partial charge in [0.1, 0.15) is 18.6 Å². The van der Waals surface area contributed by atoms with Crippen molar-refractivity contribution in [3.63, 3.8) is 0 Å². The first-order valence-corrected chi connectivity index (χ1v) is 7.16. The summed E-state index contributed by atoms with van der Waals surface area (Å²) in [5.41, 5.74) is -1.24. The van der Waals surface area contributed by atoms with Crippen molar-refractivity contribution in [3.8, 4) is 5.75 Å². The molecule has 8 heteroatoms. The van der Waals surface area contributed by atoms with Crippen LogP contribution in [0.4, 0.5) is 13.2 Å². The smallest absolute Gasteiger partial charge is 0.419 e. The molecular formula is C11H11F3O4S. The van der Waals surface area contributed by atoms with E-state index in [4.69, 9.17) is 4.74 Å². The molecule has 0 amide bonds. The SMILES string of the molecule is CS(=O)(=O)CCOc1ccc(C=O)cc1C(F)(F)F. The Kier molecular flexibility index (Phi) is 4.56. The third kappa shape index (κ3) is 4.90. The molecule has 1 rings (SSSR count). The van der Waals surface area contributed by atoms with Crippen LogP contribution in [0.3, 0.4) is 0 Å². The quantitative estimate of drug-likeness (QED) is 0.779. The fourth-order valence-electron chi connectivity index (χ4n) is 1.27. The number of carbonyl (C=O) groups is 1. The number of halogens is 3. The van der Waals surface area contributed by atoms with Crippen molar-refractivity contribution in [3.05, 3.63) is 29.3 Å². The van der Waals surface area contributed by atoms with E-state index in [9.17, 15) is 26.4 Å². The van der Waals surface area contributed by atoms with E-state index in [-0.39, 0.29) is 24.2 Å². The Balaban J connectivity index is 2.97. The predicted molar refractivity (Wildman–Crippen MR) is 62.0 cm³/mol. The van der Waals surface area contributed by atoms with Crippen LogP contribution in [-0.4, -0.2) is 33.3 Å². The zero-order valence-corrected chi connectivity index (χ0v) is 10.7. The summed E-state index contributed by atoms with van der Waals surface area (Å²) in [6.45, 7) is -0.387. The number of benzene rings is 1. The zero-order chi connectivity index (χ0) is 14.7. The summed E-state index contributed by atoms with van der Waals surface area (Å²) in [4.78, 5) is 10.5. The van der Waals surface area contributed by atoms with Gasteiger partial charge >= 0.3 is 6.18 Å². The first kappa shape index (κ1) is 15.5. The Hall–Kier alpha value is -1.57. The summed E-state index contributed by atoms with van der Waals surface area (Å²) in [6, 6.07) is 2.82. The number of carbonyl (C=O) groups excluding carboxylic acids is 1. The van der Waals surface area contributed by atoms with Crippen LogP contribution in [0.2, 0.25) is 0 Å². The number of alkyl halides is 3. The normalized spacial score (nSPS) is 12.2. The second kappa shape index (κ2) is 5.60. The molecule has 0 saturated carbocycles. The number of sulfone groups is 1. The van der Waals surface area contributed by atoms with E-state index >= 15 is 0 Å². The predicted octanol–water partition coefficient (Wildman–Crippen LogP) is 1.94. The maximum absolute atomic E-state index is 12.7. The van der Waals surface area contributed by atoms with Gasteiger partial charge in [-0.05, 0) is 18.2 Å². The van der Waals surface area contributed by atoms with Gasteiger partial charge in [0.2, 0.25) is 0 Å². The molecule has 0 radical (unpaired) electrons. The van der Waals surface area contributed by atoms with E-state index in [0.717, 1.165) is 18.4 Å². The number of aldehydes is 1. The van der Waals surface area contributed by atoms with Gasteiger partial charge in [0.05, 0.1) is 11.3 Å². The van der Waals surface area contributed by atoms with Gasteiger partial charge in [0, 0.05) is 11.8 Å². The fourth-order valence-corrected chi connectivity index (χ4v) is 1.66. The van der Waals surface area contributed by atoms with Crippen LogP contribution in [-0.2, 0) is 16.0 Å². The monoisotopic (exact) mass is 296 g/mol. The molecule has 0 spiro atoms. The fraction of sp³-hybridized carbons (Fsp3) is 0.364. The van der Waals surface area contributed by atoms with Crippen LogP contribution in [0.5, 0.6) is 5.75 Å². The standard InChI is InChI=1S/C11H11F3O4S/c1-19(16,17)5-4-18-10-3-2-8(7-15)6-9(10)11(12,13)14/h2-3,6-7H,4-5H2,1H3. The highest BCUT2D eigenvalue weighted by atomic mass is 32.2. The molecule has 106 valence electrons. The van der Waals surface area contributed by atoms with E-state index in [1.807, 2.05) is 0 Å². The van der Waals surface area contributed by atoms with Crippen molar-refractivity contribution in [1.29, 1.82) is 0 Å². The minimum atomic E-state index is -4.68. The van der Waals surface area contributed by atoms with E-state index in [0.29, 0.717) is 6.07 Å². The van der Waals surface area contributed by atoms with Crippen LogP contribution in [0, 0.1) is 0 Å². The molecule has 0 saturated heterocycles. The van der Waals surface area contributed by atoms with Gasteiger partial charge in [-0.25, -0.2) is 8.42 Å². The summed E-state index contributed by atoms with van der Waals surface area (Å²) in [5.74, 6) is -0.888. The molecule has 4 nitrogen and oxygen atoms in total. The van der Waals surface area contributed by atoms with Gasteiger partial charge < -0.3 is 4.74 Å². The second-order valence-corrected chi connectivity index (χ2v) is 6.11. The Morgan fingerprint density at radius 2 is 1.95 bits per heavy atom. The summed E-state index contributed by atoms with van der Waals surface area (Å²) < 4.78 is 64.7. The molecule has 0 N–H and O–H groups in total. The summed E-state index contributed by atoms with van der Waals surface area (Å²) in [7, 11) is -3.32. The lowest BCUT2D eigenvalue weighted by molar-refractivity contribution is -0.138. The number of hydrogen-bond donors (Lipinski definition) is 0. The summed E-state index contributed by atoms with van der Waals surface area (Å²) in [5, 5.41) is 0. The van der Waals surface area contributed by atoms with Gasteiger partial charge in [-0.3, -0.25) is 4.79 Å². The average molecular weight is 296 g/mol. The van der Waals surface area contributed by atoms with Crippen LogP contribution >= 0.6 is 0 Å². The van der Waals surface area contributed by atoms with Gasteiger partial charge in [-0.2, -0.15) is 13.2 Å².